The Morgan fingerprint density at radius 3 is 1.80 bits per heavy atom. The van der Waals surface area contributed by atoms with E-state index in [1.165, 1.54) is 12.1 Å². The van der Waals surface area contributed by atoms with Crippen LogP contribution in [0.15, 0.2) is 43.4 Å². The lowest BCUT2D eigenvalue weighted by atomic mass is 9.97. The number of nitrogens with two attached hydrogens (primary N) is 2. The van der Waals surface area contributed by atoms with Crippen molar-refractivity contribution in [1.29, 1.82) is 0 Å². The van der Waals surface area contributed by atoms with Crippen LogP contribution < -0.4 is 33.4 Å². The SMILES string of the molecule is CCCCCC(CC)OC(C)Cn1c(=O)c2c(N)c3c(=O)c4ccccc4c(=O)c3c(N)c2c1=O. The summed E-state index contributed by atoms with van der Waals surface area (Å²) < 4.78 is 7.17. The van der Waals surface area contributed by atoms with Crippen LogP contribution in [0, 0.1) is 0 Å². The summed E-state index contributed by atoms with van der Waals surface area (Å²) >= 11 is 0. The first kappa shape index (κ1) is 24.6. The van der Waals surface area contributed by atoms with E-state index in [1.807, 2.05) is 13.8 Å². The first-order chi connectivity index (χ1) is 16.7. The van der Waals surface area contributed by atoms with Gasteiger partial charge in [-0.25, -0.2) is 0 Å². The van der Waals surface area contributed by atoms with Gasteiger partial charge in [0.1, 0.15) is 0 Å². The van der Waals surface area contributed by atoms with Crippen molar-refractivity contribution < 1.29 is 4.74 Å². The molecule has 0 amide bonds. The van der Waals surface area contributed by atoms with Crippen LogP contribution in [0.3, 0.4) is 0 Å². The minimum Gasteiger partial charge on any atom is -0.397 e. The molecule has 2 atom stereocenters. The maximum Gasteiger partial charge on any atom is 0.263 e. The standard InChI is InChI=1S/C27H31N3O5/c1-4-6-7-10-15(5-2)35-14(3)13-30-26(33)20-21(27(30)34)23(29)19-18(22(20)28)24(31)16-11-8-9-12-17(16)25(19)32/h8-9,11-12,14-15H,4-7,10,13,28-29H2,1-3H3. The second-order valence-corrected chi connectivity index (χ2v) is 9.22. The lowest BCUT2D eigenvalue weighted by molar-refractivity contribution is -0.0179. The summed E-state index contributed by atoms with van der Waals surface area (Å²) in [5.41, 5.74) is 9.97. The quantitative estimate of drug-likeness (QED) is 0.164. The molecule has 1 aromatic heterocycles. The minimum atomic E-state index is -0.634. The van der Waals surface area contributed by atoms with Gasteiger partial charge in [-0.2, -0.15) is 0 Å². The molecule has 0 saturated carbocycles. The zero-order valence-corrected chi connectivity index (χ0v) is 20.3. The summed E-state index contributed by atoms with van der Waals surface area (Å²) in [5, 5.41) is -0.0675. The Hall–Kier alpha value is -3.52. The van der Waals surface area contributed by atoms with Gasteiger partial charge >= 0.3 is 0 Å². The number of benzene rings is 3. The topological polar surface area (TPSA) is 134 Å². The molecule has 184 valence electrons. The normalized spacial score (nSPS) is 13.7. The number of unbranched alkanes of at least 4 members (excludes halogenated alkanes) is 2. The van der Waals surface area contributed by atoms with E-state index in [1.54, 1.807) is 12.1 Å². The van der Waals surface area contributed by atoms with Crippen LogP contribution in [0.5, 0.6) is 0 Å². The average Bonchev–Trinajstić information content (AvgIpc) is 3.09. The van der Waals surface area contributed by atoms with Crippen molar-refractivity contribution in [2.75, 3.05) is 11.5 Å². The average molecular weight is 478 g/mol. The molecule has 3 aromatic carbocycles. The second kappa shape index (κ2) is 9.62. The number of rotatable bonds is 9. The van der Waals surface area contributed by atoms with Crippen molar-refractivity contribution in [3.8, 4) is 0 Å². The molecule has 0 fully saturated rings. The summed E-state index contributed by atoms with van der Waals surface area (Å²) in [6.07, 6.45) is 4.65. The van der Waals surface area contributed by atoms with Gasteiger partial charge in [0.25, 0.3) is 11.1 Å². The van der Waals surface area contributed by atoms with Gasteiger partial charge in [0.2, 0.25) is 0 Å². The van der Waals surface area contributed by atoms with E-state index >= 15 is 0 Å². The molecule has 4 N–H and O–H groups in total. The number of nitrogen functional groups attached to an aromatic ring is 2. The van der Waals surface area contributed by atoms with E-state index in [-0.39, 0.29) is 56.3 Å². The molecule has 0 saturated heterocycles. The van der Waals surface area contributed by atoms with Crippen molar-refractivity contribution in [2.24, 2.45) is 0 Å². The van der Waals surface area contributed by atoms with Crippen molar-refractivity contribution >= 4 is 43.7 Å². The van der Waals surface area contributed by atoms with Crippen LogP contribution in [0.25, 0.3) is 32.3 Å². The van der Waals surface area contributed by atoms with E-state index in [2.05, 4.69) is 6.92 Å². The molecule has 4 aromatic rings. The Bertz CT molecular complexity index is 1520. The number of fused-ring (bicyclic) bond motifs is 3. The van der Waals surface area contributed by atoms with E-state index in [4.69, 9.17) is 16.2 Å². The molecule has 0 aliphatic heterocycles. The zero-order chi connectivity index (χ0) is 25.4. The molecule has 0 spiro atoms. The van der Waals surface area contributed by atoms with E-state index in [0.29, 0.717) is 0 Å². The van der Waals surface area contributed by atoms with Crippen LogP contribution in [-0.2, 0) is 11.3 Å². The van der Waals surface area contributed by atoms with E-state index in [0.717, 1.165) is 36.7 Å². The first-order valence-corrected chi connectivity index (χ1v) is 12.2. The molecule has 0 radical (unpaired) electrons. The summed E-state index contributed by atoms with van der Waals surface area (Å²) in [6, 6.07) is 6.35. The fourth-order valence-corrected chi connectivity index (χ4v) is 5.00. The van der Waals surface area contributed by atoms with Gasteiger partial charge < -0.3 is 16.2 Å². The third-order valence-corrected chi connectivity index (χ3v) is 6.82. The molecular weight excluding hydrogens is 446 g/mol. The van der Waals surface area contributed by atoms with Crippen LogP contribution in [0.4, 0.5) is 11.4 Å². The number of anilines is 2. The molecular formula is C27H31N3O5. The zero-order valence-electron chi connectivity index (χ0n) is 20.3. The van der Waals surface area contributed by atoms with Crippen molar-refractivity contribution in [1.82, 2.24) is 4.57 Å². The molecule has 1 heterocycles. The van der Waals surface area contributed by atoms with E-state index < -0.39 is 28.1 Å². The van der Waals surface area contributed by atoms with Gasteiger partial charge in [-0.3, -0.25) is 23.7 Å². The van der Waals surface area contributed by atoms with Crippen LogP contribution in [0.1, 0.15) is 52.9 Å². The van der Waals surface area contributed by atoms with Crippen LogP contribution in [0.2, 0.25) is 0 Å². The number of hydrogen-bond donors (Lipinski definition) is 2. The van der Waals surface area contributed by atoms with Gasteiger partial charge in [-0.15, -0.1) is 0 Å². The Kier molecular flexibility index (Phi) is 6.76. The van der Waals surface area contributed by atoms with Gasteiger partial charge in [0, 0.05) is 10.8 Å². The third-order valence-electron chi connectivity index (χ3n) is 6.82. The van der Waals surface area contributed by atoms with Crippen molar-refractivity contribution in [3.05, 3.63) is 65.4 Å². The number of nitrogens with zero attached hydrogens (tertiary/aromatic N) is 1. The fourth-order valence-electron chi connectivity index (χ4n) is 5.00. The van der Waals surface area contributed by atoms with Crippen LogP contribution in [-0.4, -0.2) is 16.8 Å². The molecule has 35 heavy (non-hydrogen) atoms. The van der Waals surface area contributed by atoms with Gasteiger partial charge in [0.05, 0.1) is 51.7 Å². The summed E-state index contributed by atoms with van der Waals surface area (Å²) in [6.45, 7) is 6.01. The summed E-state index contributed by atoms with van der Waals surface area (Å²) in [7, 11) is 0. The maximum atomic E-state index is 13.3. The molecule has 4 rings (SSSR count). The third kappa shape index (κ3) is 4.01. The van der Waals surface area contributed by atoms with Gasteiger partial charge in [-0.05, 0) is 19.8 Å². The van der Waals surface area contributed by atoms with Crippen molar-refractivity contribution in [3.63, 3.8) is 0 Å². The van der Waals surface area contributed by atoms with Crippen LogP contribution >= 0.6 is 0 Å². The highest BCUT2D eigenvalue weighted by Crippen LogP contribution is 2.31. The maximum absolute atomic E-state index is 13.3. The fraction of sp³-hybridized carbons (Fsp3) is 0.407. The predicted molar refractivity (Wildman–Crippen MR) is 142 cm³/mol. The Labute approximate surface area is 201 Å². The molecule has 8 heteroatoms. The smallest absolute Gasteiger partial charge is 0.263 e. The molecule has 0 aliphatic rings. The summed E-state index contributed by atoms with van der Waals surface area (Å²) in [4.78, 5) is 53.1. The Morgan fingerprint density at radius 1 is 0.829 bits per heavy atom. The highest BCUT2D eigenvalue weighted by Gasteiger charge is 2.26. The van der Waals surface area contributed by atoms with E-state index in [9.17, 15) is 19.2 Å². The molecule has 2 unspecified atom stereocenters. The highest BCUT2D eigenvalue weighted by molar-refractivity contribution is 6.20. The molecule has 0 aliphatic carbocycles. The number of aromatic nitrogens is 1. The second-order valence-electron chi connectivity index (χ2n) is 9.22. The largest absolute Gasteiger partial charge is 0.397 e. The molecule has 0 bridgehead atoms. The van der Waals surface area contributed by atoms with Gasteiger partial charge in [0.15, 0.2) is 10.9 Å². The van der Waals surface area contributed by atoms with Crippen molar-refractivity contribution in [2.45, 2.75) is 71.6 Å². The lowest BCUT2D eigenvalue weighted by Gasteiger charge is -2.21. The number of ether oxygens (including phenoxy) is 1. The van der Waals surface area contributed by atoms with Gasteiger partial charge in [-0.1, -0.05) is 57.4 Å². The monoisotopic (exact) mass is 477 g/mol. The first-order valence-electron chi connectivity index (χ1n) is 12.2. The Balaban J connectivity index is 1.87. The highest BCUT2D eigenvalue weighted by atomic mass is 16.5. The minimum absolute atomic E-state index is 0.0162. The number of hydrogen-bond acceptors (Lipinski definition) is 7. The Morgan fingerprint density at radius 2 is 1.34 bits per heavy atom. The summed E-state index contributed by atoms with van der Waals surface area (Å²) in [5.74, 6) is 0. The predicted octanol–water partition coefficient (Wildman–Crippen LogP) is 3.19. The lowest BCUT2D eigenvalue weighted by Crippen LogP contribution is -2.33. The molecule has 8 nitrogen and oxygen atoms in total.